The van der Waals surface area contributed by atoms with Crippen LogP contribution in [0.1, 0.15) is 12.8 Å². The Hall–Kier alpha value is -1.03. The fourth-order valence-corrected chi connectivity index (χ4v) is 3.25. The van der Waals surface area contributed by atoms with Gasteiger partial charge in [-0.2, -0.15) is 0 Å². The number of rotatable bonds is 3. The molecule has 1 aliphatic rings. The second kappa shape index (κ2) is 5.95. The van der Waals surface area contributed by atoms with Gasteiger partial charge in [0.05, 0.1) is 6.61 Å². The van der Waals surface area contributed by atoms with Crippen LogP contribution in [0.3, 0.4) is 0 Å². The zero-order valence-electron chi connectivity index (χ0n) is 10.6. The molecule has 2 heterocycles. The lowest BCUT2D eigenvalue weighted by molar-refractivity contribution is 0.0876. The molecular weight excluding hydrogens is 278 g/mol. The topological polar surface area (TPSA) is 21.3 Å². The molecule has 0 spiro atoms. The predicted octanol–water partition coefficient (Wildman–Crippen LogP) is 4.66. The Bertz CT molecular complexity index is 531. The average molecular weight is 294 g/mol. The van der Waals surface area contributed by atoms with E-state index in [0.29, 0.717) is 6.04 Å². The molecule has 1 saturated heterocycles. The third-order valence-electron chi connectivity index (χ3n) is 3.26. The van der Waals surface area contributed by atoms with E-state index in [9.17, 15) is 0 Å². The van der Waals surface area contributed by atoms with E-state index in [1.54, 1.807) is 11.3 Å². The van der Waals surface area contributed by atoms with Crippen molar-refractivity contribution in [1.29, 1.82) is 0 Å². The van der Waals surface area contributed by atoms with Crippen molar-refractivity contribution < 1.29 is 4.74 Å². The van der Waals surface area contributed by atoms with E-state index in [-0.39, 0.29) is 0 Å². The Balaban J connectivity index is 1.70. The molecule has 3 rings (SSSR count). The van der Waals surface area contributed by atoms with Gasteiger partial charge in [-0.05, 0) is 36.6 Å². The molecule has 1 aromatic heterocycles. The molecule has 2 nitrogen and oxygen atoms in total. The summed E-state index contributed by atoms with van der Waals surface area (Å²) in [7, 11) is 0. The zero-order chi connectivity index (χ0) is 13.1. The summed E-state index contributed by atoms with van der Waals surface area (Å²) in [6.07, 6.45) is 2.33. The number of hydrogen-bond donors (Lipinski definition) is 1. The molecule has 0 aliphatic carbocycles. The number of anilines is 1. The largest absolute Gasteiger partial charge is 0.379 e. The van der Waals surface area contributed by atoms with Gasteiger partial charge >= 0.3 is 0 Å². The normalized spacial score (nSPS) is 19.3. The van der Waals surface area contributed by atoms with Crippen LogP contribution in [-0.2, 0) is 4.74 Å². The lowest BCUT2D eigenvalue weighted by Crippen LogP contribution is -2.29. The molecule has 1 atom stereocenters. The summed E-state index contributed by atoms with van der Waals surface area (Å²) in [5, 5.41) is 6.48. The third-order valence-corrected chi connectivity index (χ3v) is 4.49. The third kappa shape index (κ3) is 3.30. The summed E-state index contributed by atoms with van der Waals surface area (Å²) in [5.41, 5.74) is 2.40. The van der Waals surface area contributed by atoms with Crippen molar-refractivity contribution in [2.45, 2.75) is 18.9 Å². The van der Waals surface area contributed by atoms with E-state index in [4.69, 9.17) is 16.3 Å². The van der Waals surface area contributed by atoms with Gasteiger partial charge < -0.3 is 10.1 Å². The van der Waals surface area contributed by atoms with Crippen molar-refractivity contribution >= 4 is 28.6 Å². The van der Waals surface area contributed by atoms with Crippen LogP contribution in [0.15, 0.2) is 35.7 Å². The van der Waals surface area contributed by atoms with Crippen LogP contribution in [0, 0.1) is 0 Å². The highest BCUT2D eigenvalue weighted by Gasteiger charge is 2.14. The van der Waals surface area contributed by atoms with E-state index in [2.05, 4.69) is 28.9 Å². The molecule has 2 aromatic rings. The van der Waals surface area contributed by atoms with Gasteiger partial charge in [0.1, 0.15) is 0 Å². The fraction of sp³-hybridized carbons (Fsp3) is 0.333. The second-order valence-corrected chi connectivity index (χ2v) is 6.11. The minimum atomic E-state index is 0.446. The Morgan fingerprint density at radius 1 is 1.26 bits per heavy atom. The lowest BCUT2D eigenvalue weighted by atomic mass is 10.1. The van der Waals surface area contributed by atoms with Crippen molar-refractivity contribution in [3.63, 3.8) is 0 Å². The number of hydrogen-bond acceptors (Lipinski definition) is 3. The summed E-state index contributed by atoms with van der Waals surface area (Å²) in [5.74, 6) is 0. The lowest BCUT2D eigenvalue weighted by Gasteiger charge is -2.23. The van der Waals surface area contributed by atoms with E-state index in [1.165, 1.54) is 22.5 Å². The number of halogens is 1. The average Bonchev–Trinajstić information content (AvgIpc) is 2.89. The molecule has 0 radical (unpaired) electrons. The highest BCUT2D eigenvalue weighted by Crippen LogP contribution is 2.31. The summed E-state index contributed by atoms with van der Waals surface area (Å²) < 4.78 is 5.49. The first kappa shape index (κ1) is 13.0. The van der Waals surface area contributed by atoms with E-state index in [1.807, 2.05) is 12.1 Å². The van der Waals surface area contributed by atoms with E-state index >= 15 is 0 Å². The molecule has 0 amide bonds. The predicted molar refractivity (Wildman–Crippen MR) is 82.2 cm³/mol. The molecule has 0 saturated carbocycles. The van der Waals surface area contributed by atoms with E-state index in [0.717, 1.165) is 24.7 Å². The maximum absolute atomic E-state index is 5.91. The molecule has 1 aromatic carbocycles. The van der Waals surface area contributed by atoms with Gasteiger partial charge in [-0.25, -0.2) is 0 Å². The molecule has 19 heavy (non-hydrogen) atoms. The molecule has 1 fully saturated rings. The minimum Gasteiger partial charge on any atom is -0.379 e. The Labute approximate surface area is 122 Å². The van der Waals surface area contributed by atoms with Crippen LogP contribution in [-0.4, -0.2) is 19.3 Å². The minimum absolute atomic E-state index is 0.446. The first-order valence-electron chi connectivity index (χ1n) is 6.50. The molecular formula is C15H16ClNOS. The summed E-state index contributed by atoms with van der Waals surface area (Å²) in [4.78, 5) is 1.26. The summed E-state index contributed by atoms with van der Waals surface area (Å²) in [6.45, 7) is 1.71. The van der Waals surface area contributed by atoms with Crippen LogP contribution in [0.2, 0.25) is 5.02 Å². The Kier molecular flexibility index (Phi) is 4.06. The smallest absolute Gasteiger partial charge is 0.0667 e. The first-order valence-corrected chi connectivity index (χ1v) is 7.76. The summed E-state index contributed by atoms with van der Waals surface area (Å²) >= 11 is 7.66. The van der Waals surface area contributed by atoms with Crippen LogP contribution in [0.25, 0.3) is 10.4 Å². The van der Waals surface area contributed by atoms with Crippen molar-refractivity contribution in [2.75, 3.05) is 18.5 Å². The molecule has 4 heteroatoms. The van der Waals surface area contributed by atoms with Crippen molar-refractivity contribution in [3.8, 4) is 10.4 Å². The monoisotopic (exact) mass is 293 g/mol. The maximum Gasteiger partial charge on any atom is 0.0667 e. The van der Waals surface area contributed by atoms with Crippen LogP contribution in [0.5, 0.6) is 0 Å². The number of benzene rings is 1. The van der Waals surface area contributed by atoms with Crippen LogP contribution < -0.4 is 5.32 Å². The maximum atomic E-state index is 5.91. The van der Waals surface area contributed by atoms with Gasteiger partial charge in [-0.1, -0.05) is 23.7 Å². The van der Waals surface area contributed by atoms with Gasteiger partial charge in [0.15, 0.2) is 0 Å². The van der Waals surface area contributed by atoms with Crippen molar-refractivity contribution in [3.05, 3.63) is 40.7 Å². The number of thiophene rings is 1. The van der Waals surface area contributed by atoms with Gasteiger partial charge in [-0.3, -0.25) is 0 Å². The zero-order valence-corrected chi connectivity index (χ0v) is 12.1. The van der Waals surface area contributed by atoms with Crippen molar-refractivity contribution in [2.24, 2.45) is 0 Å². The quantitative estimate of drug-likeness (QED) is 0.889. The van der Waals surface area contributed by atoms with E-state index < -0.39 is 0 Å². The SMILES string of the molecule is Clc1ccc(-c2cc(NC3CCCOC3)cs2)cc1. The van der Waals surface area contributed by atoms with Crippen molar-refractivity contribution in [1.82, 2.24) is 0 Å². The van der Waals surface area contributed by atoms with Gasteiger partial charge in [0.25, 0.3) is 0 Å². The molecule has 1 aliphatic heterocycles. The molecule has 0 bridgehead atoms. The second-order valence-electron chi connectivity index (χ2n) is 4.76. The van der Waals surface area contributed by atoms with Gasteiger partial charge in [0, 0.05) is 33.6 Å². The van der Waals surface area contributed by atoms with Gasteiger partial charge in [0.2, 0.25) is 0 Å². The van der Waals surface area contributed by atoms with Crippen LogP contribution in [0.4, 0.5) is 5.69 Å². The molecule has 1 unspecified atom stereocenters. The molecule has 1 N–H and O–H groups in total. The fourth-order valence-electron chi connectivity index (χ4n) is 2.27. The highest BCUT2D eigenvalue weighted by atomic mass is 35.5. The number of ether oxygens (including phenoxy) is 1. The number of nitrogens with one attached hydrogen (secondary N) is 1. The van der Waals surface area contributed by atoms with Gasteiger partial charge in [-0.15, -0.1) is 11.3 Å². The summed E-state index contributed by atoms with van der Waals surface area (Å²) in [6, 6.07) is 10.6. The Morgan fingerprint density at radius 2 is 2.11 bits per heavy atom. The first-order chi connectivity index (χ1) is 9.31. The standard InChI is InChI=1S/C15H16ClNOS/c16-12-5-3-11(4-6-12)15-8-14(10-19-15)17-13-2-1-7-18-9-13/h3-6,8,10,13,17H,1-2,7,9H2. The van der Waals surface area contributed by atoms with Crippen LogP contribution >= 0.6 is 22.9 Å². The highest BCUT2D eigenvalue weighted by molar-refractivity contribution is 7.14. The molecule has 100 valence electrons. The Morgan fingerprint density at radius 3 is 2.84 bits per heavy atom.